The number of aryl methyl sites for hydroxylation is 1. The molecular formula is C9H12N4O3S. The van der Waals surface area contributed by atoms with E-state index in [2.05, 4.69) is 14.9 Å². The molecule has 0 aliphatic heterocycles. The van der Waals surface area contributed by atoms with Crippen LogP contribution >= 0.6 is 0 Å². The van der Waals surface area contributed by atoms with E-state index < -0.39 is 10.0 Å². The summed E-state index contributed by atoms with van der Waals surface area (Å²) in [6.07, 6.45) is 1.05. The number of methoxy groups -OCH3 is 1. The van der Waals surface area contributed by atoms with Crippen molar-refractivity contribution >= 4 is 21.6 Å². The van der Waals surface area contributed by atoms with Gasteiger partial charge in [0, 0.05) is 0 Å². The van der Waals surface area contributed by atoms with E-state index in [1.54, 1.807) is 6.07 Å². The minimum atomic E-state index is -3.41. The first-order valence-corrected chi connectivity index (χ1v) is 6.68. The quantitative estimate of drug-likeness (QED) is 0.860. The number of anilines is 1. The largest absolute Gasteiger partial charge is 0.482 e. The first kappa shape index (κ1) is 11.6. The van der Waals surface area contributed by atoms with Crippen LogP contribution in [-0.2, 0) is 10.0 Å². The number of fused-ring (bicyclic) bond motifs is 1. The van der Waals surface area contributed by atoms with Crippen LogP contribution in [0.2, 0.25) is 0 Å². The number of aromatic nitrogens is 3. The van der Waals surface area contributed by atoms with Crippen molar-refractivity contribution < 1.29 is 13.2 Å². The summed E-state index contributed by atoms with van der Waals surface area (Å²) in [6.45, 7) is 1.85. The number of ether oxygens (including phenoxy) is 1. The molecule has 8 heteroatoms. The Balaban J connectivity index is 2.70. The summed E-state index contributed by atoms with van der Waals surface area (Å²) in [5, 5.41) is 7.71. The Hall–Kier alpha value is -1.83. The van der Waals surface area contributed by atoms with Crippen LogP contribution in [0, 0.1) is 6.92 Å². The number of hydrogen-bond acceptors (Lipinski definition) is 5. The number of sulfonamides is 1. The second kappa shape index (κ2) is 3.88. The van der Waals surface area contributed by atoms with Gasteiger partial charge < -0.3 is 4.74 Å². The van der Waals surface area contributed by atoms with Crippen molar-refractivity contribution in [1.82, 2.24) is 14.6 Å². The summed E-state index contributed by atoms with van der Waals surface area (Å²) in [5.41, 5.74) is 1.43. The van der Waals surface area contributed by atoms with E-state index in [-0.39, 0.29) is 5.95 Å². The van der Waals surface area contributed by atoms with E-state index >= 15 is 0 Å². The highest BCUT2D eigenvalue weighted by Gasteiger charge is 2.14. The second-order valence-electron chi connectivity index (χ2n) is 3.62. The fourth-order valence-corrected chi connectivity index (χ4v) is 1.95. The number of pyridine rings is 1. The van der Waals surface area contributed by atoms with Gasteiger partial charge in [0.1, 0.15) is 0 Å². The molecule has 1 N–H and O–H groups in total. The minimum Gasteiger partial charge on any atom is -0.482 e. The van der Waals surface area contributed by atoms with Crippen molar-refractivity contribution in [3.8, 4) is 5.88 Å². The predicted molar refractivity (Wildman–Crippen MR) is 62.7 cm³/mol. The van der Waals surface area contributed by atoms with E-state index in [1.165, 1.54) is 11.5 Å². The highest BCUT2D eigenvalue weighted by molar-refractivity contribution is 7.91. The predicted octanol–water partition coefficient (Wildman–Crippen LogP) is 0.418. The molecular weight excluding hydrogens is 244 g/mol. The first-order chi connectivity index (χ1) is 7.92. The Bertz CT molecular complexity index is 662. The molecule has 0 bridgehead atoms. The average molecular weight is 256 g/mol. The van der Waals surface area contributed by atoms with Crippen LogP contribution in [0.5, 0.6) is 5.88 Å². The maximum absolute atomic E-state index is 11.2. The molecule has 0 radical (unpaired) electrons. The van der Waals surface area contributed by atoms with Crippen molar-refractivity contribution in [3.63, 3.8) is 0 Å². The minimum absolute atomic E-state index is 0.114. The van der Waals surface area contributed by atoms with Crippen LogP contribution in [0.1, 0.15) is 5.56 Å². The van der Waals surface area contributed by atoms with Crippen molar-refractivity contribution in [2.75, 3.05) is 18.1 Å². The Morgan fingerprint density at radius 3 is 2.65 bits per heavy atom. The molecule has 2 rings (SSSR count). The zero-order valence-corrected chi connectivity index (χ0v) is 10.4. The smallest absolute Gasteiger partial charge is 0.245 e. The zero-order chi connectivity index (χ0) is 12.6. The lowest BCUT2D eigenvalue weighted by Gasteiger charge is -2.07. The van der Waals surface area contributed by atoms with Gasteiger partial charge in [-0.25, -0.2) is 12.8 Å². The van der Waals surface area contributed by atoms with Gasteiger partial charge >= 0.3 is 0 Å². The number of nitrogens with zero attached hydrogens (tertiary/aromatic N) is 3. The molecule has 0 aliphatic carbocycles. The number of nitrogens with one attached hydrogen (secondary N) is 1. The normalized spacial score (nSPS) is 11.7. The molecule has 0 saturated heterocycles. The van der Waals surface area contributed by atoms with Gasteiger partial charge in [-0.3, -0.25) is 4.72 Å². The Morgan fingerprint density at radius 1 is 1.35 bits per heavy atom. The summed E-state index contributed by atoms with van der Waals surface area (Å²) in [5.74, 6) is 0.574. The van der Waals surface area contributed by atoms with Crippen LogP contribution in [0.3, 0.4) is 0 Å². The molecule has 0 aliphatic rings. The fraction of sp³-hybridized carbons (Fsp3) is 0.333. The number of hydrogen-bond donors (Lipinski definition) is 1. The zero-order valence-electron chi connectivity index (χ0n) is 9.63. The van der Waals surface area contributed by atoms with E-state index in [4.69, 9.17) is 4.74 Å². The molecule has 0 spiro atoms. The van der Waals surface area contributed by atoms with Gasteiger partial charge in [0.05, 0.1) is 13.4 Å². The lowest BCUT2D eigenvalue weighted by Crippen LogP contribution is -2.12. The Labute approximate surface area is 98.5 Å². The highest BCUT2D eigenvalue weighted by atomic mass is 32.2. The lowest BCUT2D eigenvalue weighted by molar-refractivity contribution is 0.393. The van der Waals surface area contributed by atoms with Gasteiger partial charge in [-0.2, -0.15) is 0 Å². The molecule has 0 atom stereocenters. The molecule has 0 unspecified atom stereocenters. The van der Waals surface area contributed by atoms with Crippen LogP contribution in [0.15, 0.2) is 12.1 Å². The molecule has 2 aromatic heterocycles. The molecule has 17 heavy (non-hydrogen) atoms. The van der Waals surface area contributed by atoms with Crippen LogP contribution < -0.4 is 9.46 Å². The first-order valence-electron chi connectivity index (χ1n) is 4.79. The molecule has 0 amide bonds. The highest BCUT2D eigenvalue weighted by Crippen LogP contribution is 2.21. The number of rotatable bonds is 3. The van der Waals surface area contributed by atoms with Crippen molar-refractivity contribution in [2.45, 2.75) is 6.92 Å². The van der Waals surface area contributed by atoms with Crippen LogP contribution in [0.25, 0.3) is 5.65 Å². The van der Waals surface area contributed by atoms with E-state index in [1.807, 2.05) is 13.0 Å². The van der Waals surface area contributed by atoms with Crippen LogP contribution in [0.4, 0.5) is 5.95 Å². The van der Waals surface area contributed by atoms with E-state index in [0.29, 0.717) is 11.5 Å². The maximum atomic E-state index is 11.2. The molecule has 7 nitrogen and oxygen atoms in total. The summed E-state index contributed by atoms with van der Waals surface area (Å²) in [4.78, 5) is 0. The van der Waals surface area contributed by atoms with Gasteiger partial charge in [-0.05, 0) is 18.6 Å². The van der Waals surface area contributed by atoms with Gasteiger partial charge in [0.15, 0.2) is 5.65 Å². The van der Waals surface area contributed by atoms with Crippen molar-refractivity contribution in [3.05, 3.63) is 17.7 Å². The van der Waals surface area contributed by atoms with Crippen LogP contribution in [-0.4, -0.2) is 36.4 Å². The van der Waals surface area contributed by atoms with Gasteiger partial charge in [0.25, 0.3) is 0 Å². The second-order valence-corrected chi connectivity index (χ2v) is 5.36. The monoisotopic (exact) mass is 256 g/mol. The lowest BCUT2D eigenvalue weighted by atomic mass is 10.3. The SMILES string of the molecule is COc1ccc(C)c2nnc(NS(C)(=O)=O)n12. The maximum Gasteiger partial charge on any atom is 0.245 e. The molecule has 92 valence electrons. The molecule has 0 fully saturated rings. The molecule has 0 aromatic carbocycles. The Kier molecular flexibility index (Phi) is 2.66. The van der Waals surface area contributed by atoms with Gasteiger partial charge in [-0.15, -0.1) is 10.2 Å². The fourth-order valence-electron chi connectivity index (χ4n) is 1.49. The summed E-state index contributed by atoms with van der Waals surface area (Å²) in [6, 6.07) is 3.55. The standard InChI is InChI=1S/C9H12N4O3S/c1-6-4-5-7(16-2)13-8(6)10-11-9(13)12-17(3,14)15/h4-5H,1-3H3,(H,11,12). The molecule has 0 saturated carbocycles. The average Bonchev–Trinajstić information content (AvgIpc) is 2.62. The van der Waals surface area contributed by atoms with Crippen molar-refractivity contribution in [2.24, 2.45) is 0 Å². The molecule has 2 heterocycles. The van der Waals surface area contributed by atoms with Gasteiger partial charge in [0.2, 0.25) is 21.9 Å². The summed E-state index contributed by atoms with van der Waals surface area (Å²) >= 11 is 0. The third-order valence-electron chi connectivity index (χ3n) is 2.20. The molecule has 2 aromatic rings. The Morgan fingerprint density at radius 2 is 2.06 bits per heavy atom. The van der Waals surface area contributed by atoms with Crippen molar-refractivity contribution in [1.29, 1.82) is 0 Å². The topological polar surface area (TPSA) is 85.6 Å². The summed E-state index contributed by atoms with van der Waals surface area (Å²) < 4.78 is 31.3. The van der Waals surface area contributed by atoms with E-state index in [9.17, 15) is 8.42 Å². The van der Waals surface area contributed by atoms with E-state index in [0.717, 1.165) is 11.8 Å². The van der Waals surface area contributed by atoms with Gasteiger partial charge in [-0.1, -0.05) is 6.07 Å². The third kappa shape index (κ3) is 2.16. The summed E-state index contributed by atoms with van der Waals surface area (Å²) in [7, 11) is -1.91. The third-order valence-corrected chi connectivity index (χ3v) is 2.75.